The Hall–Kier alpha value is -2.36. The number of benzene rings is 2. The highest BCUT2D eigenvalue weighted by Gasteiger charge is 2.02. The van der Waals surface area contributed by atoms with E-state index in [1.165, 1.54) is 5.56 Å². The van der Waals surface area contributed by atoms with Crippen LogP contribution in [-0.2, 0) is 6.42 Å². The summed E-state index contributed by atoms with van der Waals surface area (Å²) in [4.78, 5) is 0. The van der Waals surface area contributed by atoms with Crippen LogP contribution in [0.3, 0.4) is 0 Å². The third kappa shape index (κ3) is 4.88. The second-order valence-electron chi connectivity index (χ2n) is 5.30. The molecule has 2 aromatic rings. The number of rotatable bonds is 8. The zero-order valence-corrected chi connectivity index (χ0v) is 13.0. The van der Waals surface area contributed by atoms with Crippen molar-refractivity contribution in [1.82, 2.24) is 0 Å². The van der Waals surface area contributed by atoms with E-state index in [4.69, 9.17) is 10.5 Å². The van der Waals surface area contributed by atoms with Gasteiger partial charge in [0.25, 0.3) is 0 Å². The molecule has 0 saturated heterocycles. The average molecular weight is 300 g/mol. The fraction of sp³-hybridized carbons (Fsp3) is 0.333. The van der Waals surface area contributed by atoms with Gasteiger partial charge < -0.3 is 20.9 Å². The molecule has 4 nitrogen and oxygen atoms in total. The number of phenols is 1. The standard InChI is InChI=1S/C18H24N2O2/c1-2-11-22-18-9-8-14(12-17(18)19)5-4-10-20-15-6-3-7-16(21)13-15/h3,6-9,12-13,20-21H,2,4-5,10-11,19H2,1H3. The Morgan fingerprint density at radius 2 is 2.05 bits per heavy atom. The van der Waals surface area contributed by atoms with Crippen molar-refractivity contribution in [2.24, 2.45) is 0 Å². The molecule has 0 saturated carbocycles. The van der Waals surface area contributed by atoms with E-state index in [9.17, 15) is 5.11 Å². The number of anilines is 2. The summed E-state index contributed by atoms with van der Waals surface area (Å²) in [6.07, 6.45) is 2.91. The van der Waals surface area contributed by atoms with Crippen LogP contribution in [0.2, 0.25) is 0 Å². The smallest absolute Gasteiger partial charge is 0.142 e. The Morgan fingerprint density at radius 1 is 1.18 bits per heavy atom. The summed E-state index contributed by atoms with van der Waals surface area (Å²) in [7, 11) is 0. The molecule has 0 unspecified atom stereocenters. The SMILES string of the molecule is CCCOc1ccc(CCCNc2cccc(O)c2)cc1N. The van der Waals surface area contributed by atoms with Crippen molar-refractivity contribution >= 4 is 11.4 Å². The minimum atomic E-state index is 0.278. The molecule has 0 bridgehead atoms. The number of aromatic hydroxyl groups is 1. The van der Waals surface area contributed by atoms with Gasteiger partial charge in [0, 0.05) is 18.3 Å². The molecule has 4 N–H and O–H groups in total. The number of nitrogens with one attached hydrogen (secondary N) is 1. The Kier molecular flexibility index (Phi) is 5.95. The lowest BCUT2D eigenvalue weighted by Crippen LogP contribution is -2.03. The second-order valence-corrected chi connectivity index (χ2v) is 5.30. The molecular formula is C18H24N2O2. The molecule has 0 heterocycles. The minimum Gasteiger partial charge on any atom is -0.508 e. The summed E-state index contributed by atoms with van der Waals surface area (Å²) in [5, 5.41) is 12.7. The number of nitrogens with two attached hydrogens (primary N) is 1. The van der Waals surface area contributed by atoms with Crippen molar-refractivity contribution in [2.75, 3.05) is 24.2 Å². The van der Waals surface area contributed by atoms with Crippen LogP contribution in [0, 0.1) is 0 Å². The molecule has 0 fully saturated rings. The zero-order chi connectivity index (χ0) is 15.8. The van der Waals surface area contributed by atoms with E-state index in [2.05, 4.69) is 18.3 Å². The normalized spacial score (nSPS) is 10.4. The quantitative estimate of drug-likeness (QED) is 0.512. The summed E-state index contributed by atoms with van der Waals surface area (Å²) in [5.41, 5.74) is 8.85. The molecule has 0 radical (unpaired) electrons. The first-order valence-electron chi connectivity index (χ1n) is 7.73. The third-order valence-electron chi connectivity index (χ3n) is 3.35. The van der Waals surface area contributed by atoms with Crippen LogP contribution in [0.15, 0.2) is 42.5 Å². The number of hydrogen-bond acceptors (Lipinski definition) is 4. The molecule has 0 aliphatic rings. The maximum atomic E-state index is 9.40. The number of nitrogen functional groups attached to an aromatic ring is 1. The Bertz CT molecular complexity index is 599. The van der Waals surface area contributed by atoms with Crippen LogP contribution in [0.1, 0.15) is 25.3 Å². The summed E-state index contributed by atoms with van der Waals surface area (Å²) in [6, 6.07) is 13.1. The van der Waals surface area contributed by atoms with Crippen LogP contribution < -0.4 is 15.8 Å². The van der Waals surface area contributed by atoms with E-state index in [1.54, 1.807) is 12.1 Å². The van der Waals surface area contributed by atoms with Gasteiger partial charge in [0.2, 0.25) is 0 Å². The van der Waals surface area contributed by atoms with Crippen LogP contribution in [0.25, 0.3) is 0 Å². The number of hydrogen-bond donors (Lipinski definition) is 3. The lowest BCUT2D eigenvalue weighted by atomic mass is 10.1. The van der Waals surface area contributed by atoms with Crippen LogP contribution in [-0.4, -0.2) is 18.3 Å². The minimum absolute atomic E-state index is 0.278. The first-order valence-corrected chi connectivity index (χ1v) is 7.73. The van der Waals surface area contributed by atoms with Gasteiger partial charge in [0.15, 0.2) is 0 Å². The van der Waals surface area contributed by atoms with E-state index in [-0.39, 0.29) is 5.75 Å². The van der Waals surface area contributed by atoms with Gasteiger partial charge in [-0.15, -0.1) is 0 Å². The van der Waals surface area contributed by atoms with Gasteiger partial charge in [-0.25, -0.2) is 0 Å². The molecule has 0 atom stereocenters. The largest absolute Gasteiger partial charge is 0.508 e. The molecule has 2 aromatic carbocycles. The fourth-order valence-corrected chi connectivity index (χ4v) is 2.24. The maximum absolute atomic E-state index is 9.40. The third-order valence-corrected chi connectivity index (χ3v) is 3.35. The van der Waals surface area contributed by atoms with Crippen LogP contribution in [0.4, 0.5) is 11.4 Å². The van der Waals surface area contributed by atoms with Crippen LogP contribution in [0.5, 0.6) is 11.5 Å². The Morgan fingerprint density at radius 3 is 2.77 bits per heavy atom. The first-order chi connectivity index (χ1) is 10.7. The highest BCUT2D eigenvalue weighted by atomic mass is 16.5. The molecule has 118 valence electrons. The molecule has 0 amide bonds. The van der Waals surface area contributed by atoms with Crippen molar-refractivity contribution in [2.45, 2.75) is 26.2 Å². The van der Waals surface area contributed by atoms with E-state index in [0.29, 0.717) is 12.3 Å². The van der Waals surface area contributed by atoms with Crippen molar-refractivity contribution in [3.05, 3.63) is 48.0 Å². The van der Waals surface area contributed by atoms with E-state index in [0.717, 1.165) is 37.2 Å². The van der Waals surface area contributed by atoms with E-state index >= 15 is 0 Å². The zero-order valence-electron chi connectivity index (χ0n) is 13.0. The molecule has 2 rings (SSSR count). The second kappa shape index (κ2) is 8.17. The van der Waals surface area contributed by atoms with E-state index in [1.807, 2.05) is 24.3 Å². The lowest BCUT2D eigenvalue weighted by molar-refractivity contribution is 0.319. The maximum Gasteiger partial charge on any atom is 0.142 e. The summed E-state index contributed by atoms with van der Waals surface area (Å²) in [6.45, 7) is 3.61. The van der Waals surface area contributed by atoms with Gasteiger partial charge in [-0.3, -0.25) is 0 Å². The molecule has 0 aliphatic carbocycles. The summed E-state index contributed by atoms with van der Waals surface area (Å²) in [5.74, 6) is 1.05. The Labute approximate surface area is 131 Å². The van der Waals surface area contributed by atoms with Crippen molar-refractivity contribution in [3.8, 4) is 11.5 Å². The molecule has 22 heavy (non-hydrogen) atoms. The number of aryl methyl sites for hydroxylation is 1. The number of ether oxygens (including phenoxy) is 1. The topological polar surface area (TPSA) is 67.5 Å². The van der Waals surface area contributed by atoms with Gasteiger partial charge in [-0.1, -0.05) is 19.1 Å². The highest BCUT2D eigenvalue weighted by molar-refractivity contribution is 5.54. The molecule has 0 spiro atoms. The van der Waals surface area contributed by atoms with Gasteiger partial charge in [-0.2, -0.15) is 0 Å². The first kappa shape index (κ1) is 16.0. The summed E-state index contributed by atoms with van der Waals surface area (Å²) >= 11 is 0. The van der Waals surface area contributed by atoms with Gasteiger partial charge in [-0.05, 0) is 49.1 Å². The van der Waals surface area contributed by atoms with Crippen molar-refractivity contribution in [1.29, 1.82) is 0 Å². The predicted molar refractivity (Wildman–Crippen MR) is 91.6 cm³/mol. The fourth-order valence-electron chi connectivity index (χ4n) is 2.24. The van der Waals surface area contributed by atoms with Gasteiger partial charge in [0.1, 0.15) is 11.5 Å². The monoisotopic (exact) mass is 300 g/mol. The molecule has 0 aromatic heterocycles. The molecular weight excluding hydrogens is 276 g/mol. The Balaban J connectivity index is 1.78. The lowest BCUT2D eigenvalue weighted by Gasteiger charge is -2.10. The van der Waals surface area contributed by atoms with Crippen LogP contribution >= 0.6 is 0 Å². The van der Waals surface area contributed by atoms with Crippen molar-refractivity contribution < 1.29 is 9.84 Å². The molecule has 4 heteroatoms. The van der Waals surface area contributed by atoms with Crippen molar-refractivity contribution in [3.63, 3.8) is 0 Å². The average Bonchev–Trinajstić information content (AvgIpc) is 2.51. The highest BCUT2D eigenvalue weighted by Crippen LogP contribution is 2.23. The summed E-state index contributed by atoms with van der Waals surface area (Å²) < 4.78 is 5.57. The predicted octanol–water partition coefficient (Wildman–Crippen LogP) is 3.81. The molecule has 0 aliphatic heterocycles. The number of phenolic OH excluding ortho intramolecular Hbond substituents is 1. The van der Waals surface area contributed by atoms with E-state index < -0.39 is 0 Å². The van der Waals surface area contributed by atoms with Gasteiger partial charge in [0.05, 0.1) is 12.3 Å². The van der Waals surface area contributed by atoms with Gasteiger partial charge >= 0.3 is 0 Å².